The minimum absolute atomic E-state index is 0.284. The second kappa shape index (κ2) is 11.6. The predicted octanol–water partition coefficient (Wildman–Crippen LogP) is 2.85. The summed E-state index contributed by atoms with van der Waals surface area (Å²) in [7, 11) is 1.51. The van der Waals surface area contributed by atoms with Crippen molar-refractivity contribution in [2.45, 2.75) is 26.3 Å². The van der Waals surface area contributed by atoms with Gasteiger partial charge in [-0.1, -0.05) is 43.7 Å². The van der Waals surface area contributed by atoms with Crippen LogP contribution < -0.4 is 20.3 Å². The van der Waals surface area contributed by atoms with Crippen molar-refractivity contribution in [1.82, 2.24) is 10.8 Å². The average Bonchev–Trinajstić information content (AvgIpc) is 2.73. The zero-order chi connectivity index (χ0) is 20.2. The molecule has 2 aromatic rings. The largest absolute Gasteiger partial charge is 0.493 e. The molecule has 0 spiro atoms. The molecule has 0 saturated heterocycles. The molecule has 0 unspecified atom stereocenters. The molecule has 2 rings (SSSR count). The number of hydrogen-bond acceptors (Lipinski definition) is 5. The Hall–Kier alpha value is -3.06. The molecular weight excluding hydrogens is 360 g/mol. The summed E-state index contributed by atoms with van der Waals surface area (Å²) in [4.78, 5) is 29.0. The van der Waals surface area contributed by atoms with Crippen molar-refractivity contribution in [2.24, 2.45) is 0 Å². The monoisotopic (exact) mass is 386 g/mol. The highest BCUT2D eigenvalue weighted by Gasteiger charge is 2.12. The zero-order valence-corrected chi connectivity index (χ0v) is 16.2. The summed E-state index contributed by atoms with van der Waals surface area (Å²) >= 11 is 0. The van der Waals surface area contributed by atoms with Crippen LogP contribution >= 0.6 is 0 Å². The fourth-order valence-electron chi connectivity index (χ4n) is 2.33. The summed E-state index contributed by atoms with van der Waals surface area (Å²) < 4.78 is 10.9. The molecule has 2 N–H and O–H groups in total. The van der Waals surface area contributed by atoms with E-state index in [9.17, 15) is 9.59 Å². The van der Waals surface area contributed by atoms with Gasteiger partial charge in [0.25, 0.3) is 5.91 Å². The van der Waals surface area contributed by atoms with Crippen LogP contribution in [-0.4, -0.2) is 32.1 Å². The smallest absolute Gasteiger partial charge is 0.274 e. The topological polar surface area (TPSA) is 85.9 Å². The molecule has 2 aromatic carbocycles. The van der Waals surface area contributed by atoms with Gasteiger partial charge in [0, 0.05) is 12.1 Å². The third-order valence-electron chi connectivity index (χ3n) is 3.88. The Kier molecular flexibility index (Phi) is 8.81. The first-order valence-corrected chi connectivity index (χ1v) is 9.17. The number of unbranched alkanes of at least 4 members (excludes halogenated alkanes) is 1. The van der Waals surface area contributed by atoms with E-state index in [-0.39, 0.29) is 12.5 Å². The fraction of sp³-hybridized carbons (Fsp3) is 0.333. The van der Waals surface area contributed by atoms with E-state index < -0.39 is 5.91 Å². The Balaban J connectivity index is 1.78. The van der Waals surface area contributed by atoms with Crippen molar-refractivity contribution >= 4 is 11.8 Å². The lowest BCUT2D eigenvalue weighted by Gasteiger charge is -2.12. The first-order chi connectivity index (χ1) is 13.6. The highest BCUT2D eigenvalue weighted by Crippen LogP contribution is 2.28. The molecule has 0 saturated carbocycles. The lowest BCUT2D eigenvalue weighted by Crippen LogP contribution is -2.32. The van der Waals surface area contributed by atoms with Crippen molar-refractivity contribution < 1.29 is 23.9 Å². The third-order valence-corrected chi connectivity index (χ3v) is 3.88. The Labute approximate surface area is 164 Å². The average molecular weight is 386 g/mol. The number of amides is 2. The number of rotatable bonds is 11. The van der Waals surface area contributed by atoms with Gasteiger partial charge in [-0.25, -0.2) is 5.48 Å². The van der Waals surface area contributed by atoms with Crippen molar-refractivity contribution in [3.63, 3.8) is 0 Å². The summed E-state index contributed by atoms with van der Waals surface area (Å²) in [5.41, 5.74) is 3.57. The SMILES string of the molecule is CCCCOc1ccc(C(=O)NOCC(=O)NCc2ccccc2)cc1OC. The Bertz CT molecular complexity index is 765. The Morgan fingerprint density at radius 1 is 1.04 bits per heavy atom. The quantitative estimate of drug-likeness (QED) is 0.458. The van der Waals surface area contributed by atoms with Gasteiger partial charge in [-0.3, -0.25) is 14.4 Å². The molecule has 150 valence electrons. The molecule has 0 fully saturated rings. The number of nitrogens with one attached hydrogen (secondary N) is 2. The van der Waals surface area contributed by atoms with Gasteiger partial charge in [0.15, 0.2) is 18.1 Å². The number of benzene rings is 2. The zero-order valence-electron chi connectivity index (χ0n) is 16.2. The second-order valence-electron chi connectivity index (χ2n) is 6.05. The van der Waals surface area contributed by atoms with Crippen LogP contribution in [0.25, 0.3) is 0 Å². The lowest BCUT2D eigenvalue weighted by atomic mass is 10.2. The van der Waals surface area contributed by atoms with Crippen LogP contribution in [0.2, 0.25) is 0 Å². The summed E-state index contributed by atoms with van der Waals surface area (Å²) in [6, 6.07) is 14.4. The summed E-state index contributed by atoms with van der Waals surface area (Å²) in [5.74, 6) is 0.230. The molecule has 2 amide bonds. The highest BCUT2D eigenvalue weighted by atomic mass is 16.7. The lowest BCUT2D eigenvalue weighted by molar-refractivity contribution is -0.127. The number of carbonyl (C=O) groups excluding carboxylic acids is 2. The number of ether oxygens (including phenoxy) is 2. The molecule has 0 aliphatic heterocycles. The van der Waals surface area contributed by atoms with E-state index in [1.807, 2.05) is 30.3 Å². The van der Waals surface area contributed by atoms with Gasteiger partial charge in [0.1, 0.15) is 0 Å². The maximum atomic E-state index is 12.2. The molecule has 0 heterocycles. The van der Waals surface area contributed by atoms with Gasteiger partial charge < -0.3 is 14.8 Å². The second-order valence-corrected chi connectivity index (χ2v) is 6.05. The van der Waals surface area contributed by atoms with Gasteiger partial charge in [-0.2, -0.15) is 0 Å². The minimum atomic E-state index is -0.478. The van der Waals surface area contributed by atoms with Crippen LogP contribution in [0.4, 0.5) is 0 Å². The van der Waals surface area contributed by atoms with Crippen molar-refractivity contribution in [3.05, 3.63) is 59.7 Å². The van der Waals surface area contributed by atoms with E-state index >= 15 is 0 Å². The highest BCUT2D eigenvalue weighted by molar-refractivity contribution is 5.94. The van der Waals surface area contributed by atoms with Gasteiger partial charge >= 0.3 is 0 Å². The number of carbonyl (C=O) groups is 2. The predicted molar refractivity (Wildman–Crippen MR) is 105 cm³/mol. The van der Waals surface area contributed by atoms with E-state index in [1.165, 1.54) is 7.11 Å². The molecule has 28 heavy (non-hydrogen) atoms. The Morgan fingerprint density at radius 2 is 1.82 bits per heavy atom. The van der Waals surface area contributed by atoms with E-state index in [2.05, 4.69) is 17.7 Å². The van der Waals surface area contributed by atoms with E-state index in [0.717, 1.165) is 18.4 Å². The summed E-state index contributed by atoms with van der Waals surface area (Å²) in [6.45, 7) is 2.77. The van der Waals surface area contributed by atoms with Crippen molar-refractivity contribution in [1.29, 1.82) is 0 Å². The maximum absolute atomic E-state index is 12.2. The Morgan fingerprint density at radius 3 is 2.54 bits per heavy atom. The molecule has 0 bridgehead atoms. The van der Waals surface area contributed by atoms with Crippen LogP contribution in [0.5, 0.6) is 11.5 Å². The fourth-order valence-corrected chi connectivity index (χ4v) is 2.33. The molecule has 0 aromatic heterocycles. The standard InChI is InChI=1S/C21H26N2O5/c1-3-4-12-27-18-11-10-17(13-19(18)26-2)21(25)23-28-15-20(24)22-14-16-8-6-5-7-9-16/h5-11,13H,3-4,12,14-15H2,1-2H3,(H,22,24)(H,23,25). The van der Waals surface area contributed by atoms with Crippen LogP contribution in [0.1, 0.15) is 35.7 Å². The van der Waals surface area contributed by atoms with Gasteiger partial charge in [-0.15, -0.1) is 0 Å². The van der Waals surface area contributed by atoms with Crippen LogP contribution in [0.3, 0.4) is 0 Å². The van der Waals surface area contributed by atoms with Crippen molar-refractivity contribution in [3.8, 4) is 11.5 Å². The van der Waals surface area contributed by atoms with Crippen LogP contribution in [0.15, 0.2) is 48.5 Å². The van der Waals surface area contributed by atoms with Crippen molar-refractivity contribution in [2.75, 3.05) is 20.3 Å². The molecular formula is C21H26N2O5. The number of hydroxylamine groups is 1. The molecule has 0 aliphatic carbocycles. The number of hydrogen-bond donors (Lipinski definition) is 2. The molecule has 0 aliphatic rings. The maximum Gasteiger partial charge on any atom is 0.274 e. The molecule has 0 radical (unpaired) electrons. The van der Waals surface area contributed by atoms with E-state index in [1.54, 1.807) is 18.2 Å². The molecule has 7 heteroatoms. The first-order valence-electron chi connectivity index (χ1n) is 9.17. The van der Waals surface area contributed by atoms with Gasteiger partial charge in [0.05, 0.1) is 13.7 Å². The summed E-state index contributed by atoms with van der Waals surface area (Å²) in [6.07, 6.45) is 1.96. The van der Waals surface area contributed by atoms with Gasteiger partial charge in [0.2, 0.25) is 5.91 Å². The normalized spacial score (nSPS) is 10.2. The van der Waals surface area contributed by atoms with E-state index in [4.69, 9.17) is 14.3 Å². The van der Waals surface area contributed by atoms with E-state index in [0.29, 0.717) is 30.2 Å². The number of methoxy groups -OCH3 is 1. The van der Waals surface area contributed by atoms with Crippen LogP contribution in [0, 0.1) is 0 Å². The molecule has 7 nitrogen and oxygen atoms in total. The minimum Gasteiger partial charge on any atom is -0.493 e. The third kappa shape index (κ3) is 6.92. The summed E-state index contributed by atoms with van der Waals surface area (Å²) in [5, 5.41) is 2.71. The first kappa shape index (κ1) is 21.2. The molecule has 0 atom stereocenters. The van der Waals surface area contributed by atoms with Crippen LogP contribution in [-0.2, 0) is 16.2 Å². The van der Waals surface area contributed by atoms with Gasteiger partial charge in [-0.05, 0) is 30.2 Å².